The second kappa shape index (κ2) is 8.08. The maximum absolute atomic E-state index is 11.5. The van der Waals surface area contributed by atoms with Gasteiger partial charge in [-0.15, -0.1) is 0 Å². The zero-order valence-corrected chi connectivity index (χ0v) is 11.2. The van der Waals surface area contributed by atoms with Gasteiger partial charge in [0.2, 0.25) is 0 Å². The van der Waals surface area contributed by atoms with E-state index in [9.17, 15) is 9.59 Å². The molecule has 1 unspecified atom stereocenters. The van der Waals surface area contributed by atoms with Gasteiger partial charge in [-0.3, -0.25) is 0 Å². The Kier molecular flexibility index (Phi) is 6.36. The standard InChI is InChI=1S/C15H18O4/c1-3-7-14(16)19-12(2)15(17)18-11-10-13-8-5-4-6-9-13/h3-9,12H,10-11H2,1-2H3/b7-3-. The predicted molar refractivity (Wildman–Crippen MR) is 71.5 cm³/mol. The van der Waals surface area contributed by atoms with Crippen LogP contribution in [0.4, 0.5) is 0 Å². The van der Waals surface area contributed by atoms with Gasteiger partial charge in [-0.25, -0.2) is 9.59 Å². The minimum atomic E-state index is -0.889. The highest BCUT2D eigenvalue weighted by atomic mass is 16.6. The van der Waals surface area contributed by atoms with E-state index in [2.05, 4.69) is 0 Å². The summed E-state index contributed by atoms with van der Waals surface area (Å²) in [5, 5.41) is 0. The lowest BCUT2D eigenvalue weighted by atomic mass is 10.2. The zero-order chi connectivity index (χ0) is 14.1. The van der Waals surface area contributed by atoms with Crippen LogP contribution in [-0.2, 0) is 25.5 Å². The van der Waals surface area contributed by atoms with Crippen molar-refractivity contribution in [2.45, 2.75) is 26.4 Å². The van der Waals surface area contributed by atoms with Gasteiger partial charge in [0.15, 0.2) is 6.10 Å². The lowest BCUT2D eigenvalue weighted by Crippen LogP contribution is -2.26. The molecule has 0 heterocycles. The molecule has 4 nitrogen and oxygen atoms in total. The van der Waals surface area contributed by atoms with Crippen molar-refractivity contribution in [1.29, 1.82) is 0 Å². The monoisotopic (exact) mass is 262 g/mol. The van der Waals surface area contributed by atoms with Gasteiger partial charge in [0, 0.05) is 12.5 Å². The van der Waals surface area contributed by atoms with E-state index in [0.29, 0.717) is 6.42 Å². The molecule has 0 fully saturated rings. The van der Waals surface area contributed by atoms with Crippen molar-refractivity contribution < 1.29 is 19.1 Å². The van der Waals surface area contributed by atoms with E-state index in [1.807, 2.05) is 30.3 Å². The maximum Gasteiger partial charge on any atom is 0.347 e. The zero-order valence-electron chi connectivity index (χ0n) is 11.2. The van der Waals surface area contributed by atoms with Gasteiger partial charge >= 0.3 is 11.9 Å². The van der Waals surface area contributed by atoms with Crippen LogP contribution in [0.15, 0.2) is 42.5 Å². The molecule has 0 radical (unpaired) electrons. The van der Waals surface area contributed by atoms with Crippen molar-refractivity contribution in [3.05, 3.63) is 48.0 Å². The summed E-state index contributed by atoms with van der Waals surface area (Å²) in [6.45, 7) is 3.46. The second-order valence-electron chi connectivity index (χ2n) is 3.98. The Labute approximate surface area is 113 Å². The van der Waals surface area contributed by atoms with Crippen LogP contribution in [0.3, 0.4) is 0 Å². The minimum absolute atomic E-state index is 0.272. The molecule has 102 valence electrons. The average Bonchev–Trinajstić information content (AvgIpc) is 2.40. The molecule has 1 aromatic rings. The summed E-state index contributed by atoms with van der Waals surface area (Å²) in [6.07, 6.45) is 2.56. The number of allylic oxidation sites excluding steroid dienone is 1. The summed E-state index contributed by atoms with van der Waals surface area (Å²) in [7, 11) is 0. The lowest BCUT2D eigenvalue weighted by Gasteiger charge is -2.11. The molecule has 0 aromatic heterocycles. The molecule has 0 amide bonds. The number of hydrogen-bond donors (Lipinski definition) is 0. The third kappa shape index (κ3) is 5.86. The van der Waals surface area contributed by atoms with Crippen LogP contribution in [0, 0.1) is 0 Å². The summed E-state index contributed by atoms with van der Waals surface area (Å²) in [5.74, 6) is -1.08. The molecule has 4 heteroatoms. The fraction of sp³-hybridized carbons (Fsp3) is 0.333. The first-order valence-electron chi connectivity index (χ1n) is 6.17. The lowest BCUT2D eigenvalue weighted by molar-refractivity contribution is -0.163. The van der Waals surface area contributed by atoms with Gasteiger partial charge < -0.3 is 9.47 Å². The van der Waals surface area contributed by atoms with Crippen molar-refractivity contribution in [2.24, 2.45) is 0 Å². The smallest absolute Gasteiger partial charge is 0.347 e. The van der Waals surface area contributed by atoms with Gasteiger partial charge in [0.25, 0.3) is 0 Å². The second-order valence-corrected chi connectivity index (χ2v) is 3.98. The molecule has 0 saturated heterocycles. The Morgan fingerprint density at radius 2 is 1.95 bits per heavy atom. The fourth-order valence-corrected chi connectivity index (χ4v) is 1.43. The van der Waals surface area contributed by atoms with Gasteiger partial charge in [0.05, 0.1) is 6.61 Å². The molecular formula is C15H18O4. The first kappa shape index (κ1) is 15.0. The number of esters is 2. The molecule has 0 N–H and O–H groups in total. The third-order valence-electron chi connectivity index (χ3n) is 2.41. The molecule has 0 aliphatic carbocycles. The van der Waals surface area contributed by atoms with Crippen LogP contribution in [0.2, 0.25) is 0 Å². The SMILES string of the molecule is C/C=C\C(=O)OC(C)C(=O)OCCc1ccccc1. The van der Waals surface area contributed by atoms with Crippen LogP contribution >= 0.6 is 0 Å². The summed E-state index contributed by atoms with van der Waals surface area (Å²) >= 11 is 0. The van der Waals surface area contributed by atoms with E-state index < -0.39 is 18.0 Å². The molecule has 1 aromatic carbocycles. The van der Waals surface area contributed by atoms with E-state index in [-0.39, 0.29) is 6.61 Å². The number of carbonyl (C=O) groups is 2. The quantitative estimate of drug-likeness (QED) is 0.583. The van der Waals surface area contributed by atoms with E-state index in [4.69, 9.17) is 9.47 Å². The molecule has 0 saturated carbocycles. The van der Waals surface area contributed by atoms with Crippen LogP contribution < -0.4 is 0 Å². The maximum atomic E-state index is 11.5. The summed E-state index contributed by atoms with van der Waals surface area (Å²) < 4.78 is 9.90. The molecule has 0 spiro atoms. The Bertz CT molecular complexity index is 437. The van der Waals surface area contributed by atoms with Gasteiger partial charge in [-0.2, -0.15) is 0 Å². The Balaban J connectivity index is 2.29. The molecule has 1 rings (SSSR count). The highest BCUT2D eigenvalue weighted by molar-refractivity contribution is 5.85. The van der Waals surface area contributed by atoms with Crippen molar-refractivity contribution in [3.63, 3.8) is 0 Å². The summed E-state index contributed by atoms with van der Waals surface area (Å²) in [6, 6.07) is 9.71. The van der Waals surface area contributed by atoms with Crippen molar-refractivity contribution in [2.75, 3.05) is 6.61 Å². The fourth-order valence-electron chi connectivity index (χ4n) is 1.43. The number of ether oxygens (including phenoxy) is 2. The molecule has 0 aliphatic rings. The predicted octanol–water partition coefficient (Wildman–Crippen LogP) is 2.28. The Morgan fingerprint density at radius 1 is 1.26 bits per heavy atom. The van der Waals surface area contributed by atoms with E-state index in [1.165, 1.54) is 13.0 Å². The Hall–Kier alpha value is -2.10. The first-order chi connectivity index (χ1) is 9.13. The molecule has 19 heavy (non-hydrogen) atoms. The van der Waals surface area contributed by atoms with E-state index >= 15 is 0 Å². The number of carbonyl (C=O) groups excluding carboxylic acids is 2. The van der Waals surface area contributed by atoms with Crippen LogP contribution in [0.25, 0.3) is 0 Å². The van der Waals surface area contributed by atoms with Crippen LogP contribution in [0.5, 0.6) is 0 Å². The van der Waals surface area contributed by atoms with Crippen LogP contribution in [0.1, 0.15) is 19.4 Å². The normalized spacial score (nSPS) is 12.1. The van der Waals surface area contributed by atoms with Crippen LogP contribution in [-0.4, -0.2) is 24.6 Å². The molecule has 0 bridgehead atoms. The number of benzene rings is 1. The van der Waals surface area contributed by atoms with Gasteiger partial charge in [-0.05, 0) is 19.4 Å². The minimum Gasteiger partial charge on any atom is -0.463 e. The third-order valence-corrected chi connectivity index (χ3v) is 2.41. The molecule has 1 atom stereocenters. The largest absolute Gasteiger partial charge is 0.463 e. The van der Waals surface area contributed by atoms with E-state index in [1.54, 1.807) is 13.0 Å². The molecule has 0 aliphatic heterocycles. The topological polar surface area (TPSA) is 52.6 Å². The van der Waals surface area contributed by atoms with Gasteiger partial charge in [-0.1, -0.05) is 36.4 Å². The van der Waals surface area contributed by atoms with Crippen molar-refractivity contribution in [3.8, 4) is 0 Å². The number of rotatable bonds is 6. The summed E-state index contributed by atoms with van der Waals surface area (Å²) in [5.41, 5.74) is 1.09. The summed E-state index contributed by atoms with van der Waals surface area (Å²) in [4.78, 5) is 22.7. The highest BCUT2D eigenvalue weighted by Crippen LogP contribution is 2.02. The average molecular weight is 262 g/mol. The number of hydrogen-bond acceptors (Lipinski definition) is 4. The van der Waals surface area contributed by atoms with Crippen molar-refractivity contribution >= 4 is 11.9 Å². The highest BCUT2D eigenvalue weighted by Gasteiger charge is 2.17. The Morgan fingerprint density at radius 3 is 2.58 bits per heavy atom. The van der Waals surface area contributed by atoms with Gasteiger partial charge in [0.1, 0.15) is 0 Å². The van der Waals surface area contributed by atoms with Crippen molar-refractivity contribution in [1.82, 2.24) is 0 Å². The van der Waals surface area contributed by atoms with E-state index in [0.717, 1.165) is 5.56 Å². The molecular weight excluding hydrogens is 244 g/mol. The first-order valence-corrected chi connectivity index (χ1v) is 6.17.